The van der Waals surface area contributed by atoms with Gasteiger partial charge in [0, 0.05) is 17.6 Å². The first-order valence-electron chi connectivity index (χ1n) is 8.45. The standard InChI is InChI=1S/C21H22N2O2S/c1-24-19-11-10-15(14-20(19)25-2)12-13-22-21(26)23-18-9-5-7-16-6-3-4-8-17(16)18/h3-11,14H,12-13H2,1-2H3,(H2,22,23,26). The Morgan fingerprint density at radius 3 is 2.50 bits per heavy atom. The van der Waals surface area contributed by atoms with Gasteiger partial charge in [-0.3, -0.25) is 0 Å². The van der Waals surface area contributed by atoms with Crippen LogP contribution >= 0.6 is 12.2 Å². The highest BCUT2D eigenvalue weighted by atomic mass is 32.1. The lowest BCUT2D eigenvalue weighted by molar-refractivity contribution is 0.354. The summed E-state index contributed by atoms with van der Waals surface area (Å²) in [6, 6.07) is 20.3. The molecule has 0 spiro atoms. The van der Waals surface area contributed by atoms with E-state index in [1.807, 2.05) is 42.5 Å². The third kappa shape index (κ3) is 4.24. The number of ether oxygens (including phenoxy) is 2. The van der Waals surface area contributed by atoms with Crippen molar-refractivity contribution in [1.29, 1.82) is 0 Å². The van der Waals surface area contributed by atoms with Gasteiger partial charge in [0.1, 0.15) is 0 Å². The monoisotopic (exact) mass is 366 g/mol. The molecule has 0 saturated heterocycles. The van der Waals surface area contributed by atoms with Crippen LogP contribution in [0.4, 0.5) is 5.69 Å². The minimum Gasteiger partial charge on any atom is -0.493 e. The molecule has 5 heteroatoms. The molecular weight excluding hydrogens is 344 g/mol. The molecule has 0 unspecified atom stereocenters. The Kier molecular flexibility index (Phi) is 5.92. The van der Waals surface area contributed by atoms with Gasteiger partial charge in [-0.05, 0) is 47.8 Å². The molecule has 26 heavy (non-hydrogen) atoms. The van der Waals surface area contributed by atoms with Gasteiger partial charge in [-0.1, -0.05) is 42.5 Å². The third-order valence-electron chi connectivity index (χ3n) is 4.19. The third-order valence-corrected chi connectivity index (χ3v) is 4.43. The summed E-state index contributed by atoms with van der Waals surface area (Å²) in [5, 5.41) is 9.50. The van der Waals surface area contributed by atoms with Crippen LogP contribution in [0.5, 0.6) is 11.5 Å². The molecule has 0 aromatic heterocycles. The second kappa shape index (κ2) is 8.54. The molecule has 0 atom stereocenters. The Morgan fingerprint density at radius 2 is 1.69 bits per heavy atom. The normalized spacial score (nSPS) is 10.4. The summed E-state index contributed by atoms with van der Waals surface area (Å²) < 4.78 is 10.6. The first-order chi connectivity index (χ1) is 12.7. The Balaban J connectivity index is 1.57. The molecule has 0 aliphatic rings. The summed E-state index contributed by atoms with van der Waals surface area (Å²) in [7, 11) is 3.28. The number of benzene rings is 3. The molecule has 3 aromatic rings. The highest BCUT2D eigenvalue weighted by Gasteiger charge is 2.05. The maximum Gasteiger partial charge on any atom is 0.170 e. The fraction of sp³-hybridized carbons (Fsp3) is 0.190. The van der Waals surface area contributed by atoms with Gasteiger partial charge in [0.15, 0.2) is 16.6 Å². The molecule has 0 fully saturated rings. The van der Waals surface area contributed by atoms with Gasteiger partial charge in [0.05, 0.1) is 14.2 Å². The van der Waals surface area contributed by atoms with E-state index in [-0.39, 0.29) is 0 Å². The lowest BCUT2D eigenvalue weighted by Gasteiger charge is -2.13. The van der Waals surface area contributed by atoms with E-state index in [0.717, 1.165) is 41.1 Å². The predicted molar refractivity (Wildman–Crippen MR) is 111 cm³/mol. The lowest BCUT2D eigenvalue weighted by Crippen LogP contribution is -2.30. The molecule has 3 aromatic carbocycles. The molecule has 134 valence electrons. The van der Waals surface area contributed by atoms with Crippen molar-refractivity contribution >= 4 is 33.8 Å². The van der Waals surface area contributed by atoms with Crippen LogP contribution in [-0.4, -0.2) is 25.9 Å². The Labute approximate surface area is 159 Å². The molecular formula is C21H22N2O2S. The maximum atomic E-state index is 5.44. The number of thiocarbonyl (C=S) groups is 1. The second-order valence-electron chi connectivity index (χ2n) is 5.85. The largest absolute Gasteiger partial charge is 0.493 e. The number of anilines is 1. The SMILES string of the molecule is COc1ccc(CCNC(=S)Nc2cccc3ccccc23)cc1OC. The Bertz CT molecular complexity index is 906. The van der Waals surface area contributed by atoms with Gasteiger partial charge in [0.25, 0.3) is 0 Å². The number of rotatable bonds is 6. The zero-order valence-electron chi connectivity index (χ0n) is 14.9. The second-order valence-corrected chi connectivity index (χ2v) is 6.26. The van der Waals surface area contributed by atoms with Crippen LogP contribution in [-0.2, 0) is 6.42 Å². The molecule has 0 amide bonds. The molecule has 4 nitrogen and oxygen atoms in total. The van der Waals surface area contributed by atoms with E-state index in [1.54, 1.807) is 14.2 Å². The van der Waals surface area contributed by atoms with Gasteiger partial charge in [-0.2, -0.15) is 0 Å². The van der Waals surface area contributed by atoms with Crippen LogP contribution in [0.1, 0.15) is 5.56 Å². The van der Waals surface area contributed by atoms with Crippen LogP contribution in [0.3, 0.4) is 0 Å². The zero-order chi connectivity index (χ0) is 18.4. The number of fused-ring (bicyclic) bond motifs is 1. The lowest BCUT2D eigenvalue weighted by atomic mass is 10.1. The fourth-order valence-corrected chi connectivity index (χ4v) is 3.07. The summed E-state index contributed by atoms with van der Waals surface area (Å²) in [4.78, 5) is 0. The molecule has 2 N–H and O–H groups in total. The van der Waals surface area contributed by atoms with Crippen LogP contribution in [0.2, 0.25) is 0 Å². The average molecular weight is 366 g/mol. The summed E-state index contributed by atoms with van der Waals surface area (Å²) in [6.07, 6.45) is 0.831. The van der Waals surface area contributed by atoms with E-state index < -0.39 is 0 Å². The van der Waals surface area contributed by atoms with E-state index in [9.17, 15) is 0 Å². The minimum atomic E-state index is 0.613. The Hall–Kier alpha value is -2.79. The highest BCUT2D eigenvalue weighted by Crippen LogP contribution is 2.27. The van der Waals surface area contributed by atoms with E-state index in [4.69, 9.17) is 21.7 Å². The summed E-state index contributed by atoms with van der Waals surface area (Å²) in [5.74, 6) is 1.47. The van der Waals surface area contributed by atoms with Gasteiger partial charge in [0.2, 0.25) is 0 Å². The average Bonchev–Trinajstić information content (AvgIpc) is 2.68. The highest BCUT2D eigenvalue weighted by molar-refractivity contribution is 7.80. The van der Waals surface area contributed by atoms with Crippen LogP contribution in [0.15, 0.2) is 60.7 Å². The number of hydrogen-bond donors (Lipinski definition) is 2. The fourth-order valence-electron chi connectivity index (χ4n) is 2.86. The van der Waals surface area contributed by atoms with E-state index in [2.05, 4.69) is 28.8 Å². The molecule has 0 saturated carbocycles. The van der Waals surface area contributed by atoms with Crippen molar-refractivity contribution in [3.63, 3.8) is 0 Å². The van der Waals surface area contributed by atoms with E-state index in [1.165, 1.54) is 5.39 Å². The summed E-state index contributed by atoms with van der Waals surface area (Å²) in [5.41, 5.74) is 2.16. The summed E-state index contributed by atoms with van der Waals surface area (Å²) >= 11 is 5.44. The first-order valence-corrected chi connectivity index (χ1v) is 8.85. The van der Waals surface area contributed by atoms with Crippen molar-refractivity contribution in [1.82, 2.24) is 5.32 Å². The zero-order valence-corrected chi connectivity index (χ0v) is 15.7. The van der Waals surface area contributed by atoms with Crippen molar-refractivity contribution in [2.45, 2.75) is 6.42 Å². The Morgan fingerprint density at radius 1 is 0.923 bits per heavy atom. The topological polar surface area (TPSA) is 42.5 Å². The van der Waals surface area contributed by atoms with Crippen LogP contribution in [0.25, 0.3) is 10.8 Å². The molecule has 0 aliphatic carbocycles. The number of hydrogen-bond acceptors (Lipinski definition) is 3. The number of methoxy groups -OCH3 is 2. The van der Waals surface area contributed by atoms with E-state index >= 15 is 0 Å². The van der Waals surface area contributed by atoms with Gasteiger partial charge >= 0.3 is 0 Å². The van der Waals surface area contributed by atoms with Crippen molar-refractivity contribution in [3.8, 4) is 11.5 Å². The molecule has 0 heterocycles. The molecule has 0 radical (unpaired) electrons. The molecule has 0 aliphatic heterocycles. The van der Waals surface area contributed by atoms with Crippen LogP contribution < -0.4 is 20.1 Å². The van der Waals surface area contributed by atoms with E-state index in [0.29, 0.717) is 5.11 Å². The van der Waals surface area contributed by atoms with Crippen LogP contribution in [0, 0.1) is 0 Å². The minimum absolute atomic E-state index is 0.613. The van der Waals surface area contributed by atoms with Crippen molar-refractivity contribution < 1.29 is 9.47 Å². The van der Waals surface area contributed by atoms with Gasteiger partial charge < -0.3 is 20.1 Å². The molecule has 0 bridgehead atoms. The van der Waals surface area contributed by atoms with Crippen molar-refractivity contribution in [2.75, 3.05) is 26.1 Å². The van der Waals surface area contributed by atoms with Gasteiger partial charge in [-0.15, -0.1) is 0 Å². The number of nitrogens with one attached hydrogen (secondary N) is 2. The predicted octanol–water partition coefficient (Wildman–Crippen LogP) is 4.39. The van der Waals surface area contributed by atoms with Gasteiger partial charge in [-0.25, -0.2) is 0 Å². The summed E-state index contributed by atoms with van der Waals surface area (Å²) in [6.45, 7) is 0.728. The first kappa shape index (κ1) is 18.0. The van der Waals surface area contributed by atoms with Crippen molar-refractivity contribution in [3.05, 3.63) is 66.2 Å². The van der Waals surface area contributed by atoms with Crippen molar-refractivity contribution in [2.24, 2.45) is 0 Å². The molecule has 3 rings (SSSR count). The quantitative estimate of drug-likeness (QED) is 0.634. The maximum absolute atomic E-state index is 5.44. The smallest absolute Gasteiger partial charge is 0.170 e.